The molecule has 9 heteroatoms. The number of nitrogens with one attached hydrogen (secondary N) is 2. The molecule has 0 radical (unpaired) electrons. The number of aryl methyl sites for hydroxylation is 1. The molecule has 1 amide bonds. The first-order chi connectivity index (χ1) is 16.2. The zero-order valence-electron chi connectivity index (χ0n) is 19.8. The molecule has 2 fully saturated rings. The van der Waals surface area contributed by atoms with E-state index in [1.807, 2.05) is 18.7 Å². The highest BCUT2D eigenvalue weighted by Crippen LogP contribution is 2.33. The van der Waals surface area contributed by atoms with E-state index < -0.39 is 0 Å². The van der Waals surface area contributed by atoms with Crippen LogP contribution in [0.5, 0.6) is 0 Å². The summed E-state index contributed by atoms with van der Waals surface area (Å²) in [5.41, 5.74) is 3.43. The monoisotopic (exact) mass is 453 g/mol. The van der Waals surface area contributed by atoms with Crippen molar-refractivity contribution in [1.29, 1.82) is 0 Å². The van der Waals surface area contributed by atoms with Crippen LogP contribution in [-0.4, -0.2) is 69.9 Å². The van der Waals surface area contributed by atoms with E-state index in [-0.39, 0.29) is 11.9 Å². The standard InChI is InChI=1S/C24H35N7O2/c1-3-30(4-2)23(32)20-9-6-12-31(20)24-25-18-8-5-7-17(18)22(27-24)26-21-15-19(28-29-21)16-10-13-33-14-11-16/h15-16,20H,3-14H2,1-2H3,(H2,25,26,27,28,29). The largest absolute Gasteiger partial charge is 0.381 e. The summed E-state index contributed by atoms with van der Waals surface area (Å²) in [6, 6.07) is 1.92. The highest BCUT2D eigenvalue weighted by Gasteiger charge is 2.35. The van der Waals surface area contributed by atoms with E-state index in [0.29, 0.717) is 11.9 Å². The van der Waals surface area contributed by atoms with Crippen LogP contribution in [0.25, 0.3) is 0 Å². The lowest BCUT2D eigenvalue weighted by Gasteiger charge is -2.29. The number of hydrogen-bond acceptors (Lipinski definition) is 7. The summed E-state index contributed by atoms with van der Waals surface area (Å²) in [5, 5.41) is 11.2. The summed E-state index contributed by atoms with van der Waals surface area (Å²) in [7, 11) is 0. The quantitative estimate of drug-likeness (QED) is 0.664. The Hall–Kier alpha value is -2.68. The number of carbonyl (C=O) groups excluding carboxylic acids is 1. The Morgan fingerprint density at radius 2 is 2.00 bits per heavy atom. The van der Waals surface area contributed by atoms with Crippen LogP contribution < -0.4 is 10.2 Å². The molecule has 2 N–H and O–H groups in total. The lowest BCUT2D eigenvalue weighted by atomic mass is 9.97. The van der Waals surface area contributed by atoms with Crippen LogP contribution in [0.4, 0.5) is 17.6 Å². The first-order valence-electron chi connectivity index (χ1n) is 12.5. The first-order valence-corrected chi connectivity index (χ1v) is 12.5. The predicted molar refractivity (Wildman–Crippen MR) is 127 cm³/mol. The van der Waals surface area contributed by atoms with Gasteiger partial charge in [-0.05, 0) is 58.8 Å². The van der Waals surface area contributed by atoms with Crippen molar-refractivity contribution in [2.24, 2.45) is 0 Å². The van der Waals surface area contributed by atoms with Gasteiger partial charge < -0.3 is 19.9 Å². The molecule has 4 heterocycles. The average molecular weight is 454 g/mol. The Morgan fingerprint density at radius 1 is 1.18 bits per heavy atom. The van der Waals surface area contributed by atoms with Crippen LogP contribution >= 0.6 is 0 Å². The summed E-state index contributed by atoms with van der Waals surface area (Å²) in [4.78, 5) is 27.0. The molecule has 1 aliphatic carbocycles. The lowest BCUT2D eigenvalue weighted by molar-refractivity contribution is -0.132. The zero-order valence-corrected chi connectivity index (χ0v) is 19.8. The van der Waals surface area contributed by atoms with E-state index in [1.54, 1.807) is 0 Å². The molecule has 3 aliphatic rings. The van der Waals surface area contributed by atoms with E-state index in [2.05, 4.69) is 26.5 Å². The summed E-state index contributed by atoms with van der Waals surface area (Å²) in [5.74, 6) is 2.93. The van der Waals surface area contributed by atoms with Crippen LogP contribution in [0.15, 0.2) is 6.07 Å². The van der Waals surface area contributed by atoms with Gasteiger partial charge >= 0.3 is 0 Å². The summed E-state index contributed by atoms with van der Waals surface area (Å²) >= 11 is 0. The third-order valence-electron chi connectivity index (χ3n) is 7.30. The summed E-state index contributed by atoms with van der Waals surface area (Å²) in [6.07, 6.45) is 6.88. The third-order valence-corrected chi connectivity index (χ3v) is 7.30. The van der Waals surface area contributed by atoms with Crippen LogP contribution in [0.3, 0.4) is 0 Å². The third kappa shape index (κ3) is 4.43. The highest BCUT2D eigenvalue weighted by molar-refractivity contribution is 5.85. The van der Waals surface area contributed by atoms with E-state index in [9.17, 15) is 4.79 Å². The number of nitrogens with zero attached hydrogens (tertiary/aromatic N) is 5. The number of H-pyrrole nitrogens is 1. The number of carbonyl (C=O) groups is 1. The maximum atomic E-state index is 13.1. The minimum atomic E-state index is -0.178. The van der Waals surface area contributed by atoms with Gasteiger partial charge in [0.25, 0.3) is 0 Å². The number of anilines is 3. The molecule has 0 aromatic carbocycles. The van der Waals surface area contributed by atoms with Gasteiger partial charge in [-0.15, -0.1) is 0 Å². The second kappa shape index (κ2) is 9.67. The second-order valence-corrected chi connectivity index (χ2v) is 9.23. The Labute approximate surface area is 195 Å². The molecule has 33 heavy (non-hydrogen) atoms. The number of aromatic nitrogens is 4. The van der Waals surface area contributed by atoms with Gasteiger partial charge in [0.15, 0.2) is 5.82 Å². The molecule has 2 saturated heterocycles. The van der Waals surface area contributed by atoms with Gasteiger partial charge in [0.1, 0.15) is 11.9 Å². The molecular formula is C24H35N7O2. The van der Waals surface area contributed by atoms with Gasteiger partial charge in [-0.25, -0.2) is 4.98 Å². The molecule has 0 saturated carbocycles. The molecule has 2 aromatic rings. The second-order valence-electron chi connectivity index (χ2n) is 9.23. The van der Waals surface area contributed by atoms with Crippen molar-refractivity contribution in [3.05, 3.63) is 23.0 Å². The minimum absolute atomic E-state index is 0.178. The predicted octanol–water partition coefficient (Wildman–Crippen LogP) is 3.16. The molecule has 1 atom stereocenters. The number of fused-ring (bicyclic) bond motifs is 1. The van der Waals surface area contributed by atoms with Crippen LogP contribution in [-0.2, 0) is 22.4 Å². The van der Waals surface area contributed by atoms with Crippen molar-refractivity contribution < 1.29 is 9.53 Å². The fourth-order valence-corrected chi connectivity index (χ4v) is 5.40. The molecule has 0 spiro atoms. The van der Waals surface area contributed by atoms with Gasteiger partial charge in [0.2, 0.25) is 11.9 Å². The topological polar surface area (TPSA) is 99.3 Å². The van der Waals surface area contributed by atoms with E-state index in [0.717, 1.165) is 101 Å². The zero-order chi connectivity index (χ0) is 22.8. The number of amides is 1. The van der Waals surface area contributed by atoms with Crippen LogP contribution in [0.2, 0.25) is 0 Å². The number of hydrogen-bond donors (Lipinski definition) is 2. The Kier molecular flexibility index (Phi) is 6.48. The maximum Gasteiger partial charge on any atom is 0.245 e. The van der Waals surface area contributed by atoms with Gasteiger partial charge in [0.05, 0.1) is 5.69 Å². The number of rotatable bonds is 7. The number of ether oxygens (including phenoxy) is 1. The smallest absolute Gasteiger partial charge is 0.245 e. The Balaban J connectivity index is 1.40. The van der Waals surface area contributed by atoms with Crippen molar-refractivity contribution in [1.82, 2.24) is 25.1 Å². The molecule has 2 aliphatic heterocycles. The van der Waals surface area contributed by atoms with Crippen molar-refractivity contribution >= 4 is 23.5 Å². The highest BCUT2D eigenvalue weighted by atomic mass is 16.5. The van der Waals surface area contributed by atoms with Crippen molar-refractivity contribution in [3.63, 3.8) is 0 Å². The van der Waals surface area contributed by atoms with E-state index >= 15 is 0 Å². The molecule has 5 rings (SSSR count). The SMILES string of the molecule is CCN(CC)C(=O)C1CCCN1c1nc2c(c(Nc3cc(C4CCOCC4)[nH]n3)n1)CCC2. The average Bonchev–Trinajstić information content (AvgIpc) is 3.60. The van der Waals surface area contributed by atoms with Crippen LogP contribution in [0, 0.1) is 0 Å². The Bertz CT molecular complexity index is 981. The molecule has 1 unspecified atom stereocenters. The fraction of sp³-hybridized carbons (Fsp3) is 0.667. The van der Waals surface area contributed by atoms with E-state index in [4.69, 9.17) is 14.7 Å². The molecule has 2 aromatic heterocycles. The molecular weight excluding hydrogens is 418 g/mol. The lowest BCUT2D eigenvalue weighted by Crippen LogP contribution is -2.46. The van der Waals surface area contributed by atoms with Gasteiger partial charge in [-0.3, -0.25) is 9.89 Å². The normalized spacial score (nSPS) is 20.8. The maximum absolute atomic E-state index is 13.1. The number of aromatic amines is 1. The Morgan fingerprint density at radius 3 is 2.79 bits per heavy atom. The van der Waals surface area contributed by atoms with Gasteiger partial charge in [0, 0.05) is 56.1 Å². The molecule has 9 nitrogen and oxygen atoms in total. The number of likely N-dealkylation sites (N-methyl/N-ethyl adjacent to an activating group) is 1. The minimum Gasteiger partial charge on any atom is -0.381 e. The fourth-order valence-electron chi connectivity index (χ4n) is 5.40. The van der Waals surface area contributed by atoms with Crippen LogP contribution in [0.1, 0.15) is 68.8 Å². The van der Waals surface area contributed by atoms with E-state index in [1.165, 1.54) is 5.56 Å². The summed E-state index contributed by atoms with van der Waals surface area (Å²) < 4.78 is 5.49. The van der Waals surface area contributed by atoms with Crippen molar-refractivity contribution in [3.8, 4) is 0 Å². The van der Waals surface area contributed by atoms with Gasteiger partial charge in [-0.1, -0.05) is 0 Å². The summed E-state index contributed by atoms with van der Waals surface area (Å²) in [6.45, 7) is 7.95. The molecule has 178 valence electrons. The first kappa shape index (κ1) is 22.1. The van der Waals surface area contributed by atoms with Gasteiger partial charge in [-0.2, -0.15) is 10.1 Å². The molecule has 0 bridgehead atoms. The van der Waals surface area contributed by atoms with Crippen molar-refractivity contribution in [2.45, 2.75) is 70.8 Å². The van der Waals surface area contributed by atoms with Crippen molar-refractivity contribution in [2.75, 3.05) is 43.1 Å².